The van der Waals surface area contributed by atoms with Crippen LogP contribution in [0.2, 0.25) is 0 Å². The molecule has 4 heteroatoms. The van der Waals surface area contributed by atoms with E-state index in [1.54, 1.807) is 4.90 Å². The molecule has 1 amide bonds. The monoisotopic (exact) mass is 237 g/mol. The summed E-state index contributed by atoms with van der Waals surface area (Å²) in [5.74, 6) is 0.542. The van der Waals surface area contributed by atoms with E-state index >= 15 is 0 Å². The maximum absolute atomic E-state index is 11.9. The zero-order chi connectivity index (χ0) is 11.7. The van der Waals surface area contributed by atoms with Crippen molar-refractivity contribution < 1.29 is 9.59 Å². The first-order valence-corrected chi connectivity index (χ1v) is 6.25. The van der Waals surface area contributed by atoms with Crippen LogP contribution in [-0.4, -0.2) is 29.7 Å². The van der Waals surface area contributed by atoms with Crippen LogP contribution < -0.4 is 0 Å². The molecule has 1 aliphatic rings. The molecule has 1 saturated heterocycles. The minimum atomic E-state index is 0.0561. The van der Waals surface area contributed by atoms with Gasteiger partial charge in [-0.15, -0.1) is 11.3 Å². The molecule has 2 heterocycles. The van der Waals surface area contributed by atoms with Gasteiger partial charge in [-0.1, -0.05) is 6.92 Å². The normalized spacial score (nSPS) is 20.5. The van der Waals surface area contributed by atoms with Crippen LogP contribution in [0, 0.1) is 12.8 Å². The lowest BCUT2D eigenvalue weighted by atomic mass is 10.2. The van der Waals surface area contributed by atoms with Crippen LogP contribution in [-0.2, 0) is 4.79 Å². The molecule has 0 aliphatic carbocycles. The van der Waals surface area contributed by atoms with Crippen molar-refractivity contribution in [1.82, 2.24) is 4.90 Å². The molecule has 16 heavy (non-hydrogen) atoms. The van der Waals surface area contributed by atoms with E-state index in [4.69, 9.17) is 0 Å². The average Bonchev–Trinajstić information content (AvgIpc) is 2.74. The van der Waals surface area contributed by atoms with Gasteiger partial charge in [-0.2, -0.15) is 0 Å². The highest BCUT2D eigenvalue weighted by Crippen LogP contribution is 2.20. The van der Waals surface area contributed by atoms with Gasteiger partial charge in [-0.05, 0) is 25.0 Å². The van der Waals surface area contributed by atoms with Crippen molar-refractivity contribution in [3.8, 4) is 0 Å². The van der Waals surface area contributed by atoms with Gasteiger partial charge in [0.25, 0.3) is 0 Å². The first kappa shape index (κ1) is 11.3. The summed E-state index contributed by atoms with van der Waals surface area (Å²) in [7, 11) is 0. The third-order valence-electron chi connectivity index (χ3n) is 2.76. The Morgan fingerprint density at radius 3 is 2.81 bits per heavy atom. The van der Waals surface area contributed by atoms with Crippen LogP contribution in [0.3, 0.4) is 0 Å². The number of nitrogens with zero attached hydrogens (tertiary/aromatic N) is 1. The summed E-state index contributed by atoms with van der Waals surface area (Å²) in [4.78, 5) is 27.0. The first-order valence-electron chi connectivity index (χ1n) is 5.43. The Bertz CT molecular complexity index is 424. The molecule has 1 fully saturated rings. The summed E-state index contributed by atoms with van der Waals surface area (Å²) in [6, 6.07) is 3.78. The van der Waals surface area contributed by atoms with Gasteiger partial charge in [0.1, 0.15) is 0 Å². The molecular weight excluding hydrogens is 222 g/mol. The molecule has 0 spiro atoms. The number of carbonyl (C=O) groups excluding carboxylic acids is 2. The third kappa shape index (κ3) is 2.32. The van der Waals surface area contributed by atoms with E-state index in [1.807, 2.05) is 26.0 Å². The summed E-state index contributed by atoms with van der Waals surface area (Å²) in [5.41, 5.74) is 0. The Hall–Kier alpha value is -1.16. The Labute approximate surface area is 99.1 Å². The van der Waals surface area contributed by atoms with Crippen LogP contribution in [0.25, 0.3) is 0 Å². The van der Waals surface area contributed by atoms with Crippen molar-refractivity contribution in [3.05, 3.63) is 21.9 Å². The molecule has 1 aromatic heterocycles. The highest BCUT2D eigenvalue weighted by Gasteiger charge is 2.28. The molecule has 1 unspecified atom stereocenters. The van der Waals surface area contributed by atoms with Crippen LogP contribution in [0.1, 0.15) is 27.9 Å². The second-order valence-corrected chi connectivity index (χ2v) is 5.70. The van der Waals surface area contributed by atoms with Crippen molar-refractivity contribution in [2.75, 3.05) is 13.1 Å². The van der Waals surface area contributed by atoms with Crippen molar-refractivity contribution in [3.63, 3.8) is 0 Å². The van der Waals surface area contributed by atoms with E-state index in [-0.39, 0.29) is 18.2 Å². The molecule has 0 radical (unpaired) electrons. The molecular formula is C12H15NO2S. The molecule has 0 saturated carbocycles. The standard InChI is InChI=1S/C12H15NO2S/c1-8-5-12(15)13(6-8)7-10(14)11-4-3-9(2)16-11/h3-4,8H,5-7H2,1-2H3. The number of rotatable bonds is 3. The molecule has 86 valence electrons. The number of hydrogen-bond donors (Lipinski definition) is 0. The lowest BCUT2D eigenvalue weighted by Crippen LogP contribution is -2.30. The van der Waals surface area contributed by atoms with Crippen LogP contribution in [0.4, 0.5) is 0 Å². The Morgan fingerprint density at radius 1 is 1.56 bits per heavy atom. The number of amides is 1. The molecule has 0 N–H and O–H groups in total. The lowest BCUT2D eigenvalue weighted by Gasteiger charge is -2.14. The molecule has 2 rings (SSSR count). The van der Waals surface area contributed by atoms with Crippen molar-refractivity contribution in [2.24, 2.45) is 5.92 Å². The topological polar surface area (TPSA) is 37.4 Å². The zero-order valence-electron chi connectivity index (χ0n) is 9.53. The van der Waals surface area contributed by atoms with E-state index in [0.29, 0.717) is 12.3 Å². The van der Waals surface area contributed by atoms with E-state index in [1.165, 1.54) is 11.3 Å². The maximum Gasteiger partial charge on any atom is 0.223 e. The largest absolute Gasteiger partial charge is 0.335 e. The van der Waals surface area contributed by atoms with Crippen molar-refractivity contribution in [2.45, 2.75) is 20.3 Å². The second kappa shape index (κ2) is 4.37. The SMILES string of the molecule is Cc1ccc(C(=O)CN2CC(C)CC2=O)s1. The molecule has 3 nitrogen and oxygen atoms in total. The van der Waals surface area contributed by atoms with Gasteiger partial charge >= 0.3 is 0 Å². The molecule has 1 aromatic rings. The summed E-state index contributed by atoms with van der Waals surface area (Å²) in [6.07, 6.45) is 0.580. The van der Waals surface area contributed by atoms with E-state index in [9.17, 15) is 9.59 Å². The number of thiophene rings is 1. The Kier molecular flexibility index (Phi) is 3.10. The van der Waals surface area contributed by atoms with Gasteiger partial charge in [0.15, 0.2) is 5.78 Å². The van der Waals surface area contributed by atoms with Gasteiger partial charge in [-0.25, -0.2) is 0 Å². The second-order valence-electron chi connectivity index (χ2n) is 4.42. The highest BCUT2D eigenvalue weighted by atomic mass is 32.1. The number of ketones is 1. The lowest BCUT2D eigenvalue weighted by molar-refractivity contribution is -0.127. The van der Waals surface area contributed by atoms with Gasteiger partial charge in [0.2, 0.25) is 5.91 Å². The van der Waals surface area contributed by atoms with E-state index in [0.717, 1.165) is 16.3 Å². The average molecular weight is 237 g/mol. The van der Waals surface area contributed by atoms with Gasteiger partial charge in [0.05, 0.1) is 11.4 Å². The smallest absolute Gasteiger partial charge is 0.223 e. The van der Waals surface area contributed by atoms with E-state index in [2.05, 4.69) is 0 Å². The van der Waals surface area contributed by atoms with Crippen molar-refractivity contribution >= 4 is 23.0 Å². The quantitative estimate of drug-likeness (QED) is 0.755. The zero-order valence-corrected chi connectivity index (χ0v) is 10.3. The Balaban J connectivity index is 2.00. The number of likely N-dealkylation sites (tertiary alicyclic amines) is 1. The molecule has 1 atom stereocenters. The summed E-state index contributed by atoms with van der Waals surface area (Å²) >= 11 is 1.49. The fourth-order valence-electron chi connectivity index (χ4n) is 1.96. The number of aryl methyl sites for hydroxylation is 1. The fourth-order valence-corrected chi connectivity index (χ4v) is 2.76. The van der Waals surface area contributed by atoms with Crippen LogP contribution in [0.5, 0.6) is 0 Å². The molecule has 0 aromatic carbocycles. The third-order valence-corrected chi connectivity index (χ3v) is 3.80. The summed E-state index contributed by atoms with van der Waals surface area (Å²) in [6.45, 7) is 4.97. The first-order chi connectivity index (χ1) is 7.56. The molecule has 0 bridgehead atoms. The fraction of sp³-hybridized carbons (Fsp3) is 0.500. The maximum atomic E-state index is 11.9. The number of hydrogen-bond acceptors (Lipinski definition) is 3. The van der Waals surface area contributed by atoms with Crippen molar-refractivity contribution in [1.29, 1.82) is 0 Å². The summed E-state index contributed by atoms with van der Waals surface area (Å²) < 4.78 is 0. The van der Waals surface area contributed by atoms with E-state index < -0.39 is 0 Å². The molecule has 1 aliphatic heterocycles. The minimum absolute atomic E-state index is 0.0561. The van der Waals surface area contributed by atoms with Gasteiger partial charge < -0.3 is 4.90 Å². The number of carbonyl (C=O) groups is 2. The number of Topliss-reactive ketones (excluding diaryl/α,β-unsaturated/α-hetero) is 1. The van der Waals surface area contributed by atoms with Gasteiger partial charge in [-0.3, -0.25) is 9.59 Å². The highest BCUT2D eigenvalue weighted by molar-refractivity contribution is 7.14. The van der Waals surface area contributed by atoms with Gasteiger partial charge in [0, 0.05) is 17.8 Å². The predicted octanol–water partition coefficient (Wildman–Crippen LogP) is 2.11. The predicted molar refractivity (Wildman–Crippen MR) is 63.7 cm³/mol. The minimum Gasteiger partial charge on any atom is -0.335 e. The van der Waals surface area contributed by atoms with Crippen LogP contribution >= 0.6 is 11.3 Å². The summed E-state index contributed by atoms with van der Waals surface area (Å²) in [5, 5.41) is 0. The van der Waals surface area contributed by atoms with Crippen LogP contribution in [0.15, 0.2) is 12.1 Å². The Morgan fingerprint density at radius 2 is 2.31 bits per heavy atom.